The number of amides is 1. The number of carboxylic acids is 1. The Hall–Kier alpha value is -2.15. The van der Waals surface area contributed by atoms with Gasteiger partial charge in [-0.15, -0.1) is 0 Å². The predicted molar refractivity (Wildman–Crippen MR) is 82.2 cm³/mol. The molecule has 2 aliphatic heterocycles. The van der Waals surface area contributed by atoms with Crippen molar-refractivity contribution >= 4 is 11.9 Å². The first-order valence-corrected chi connectivity index (χ1v) is 7.87. The van der Waals surface area contributed by atoms with Crippen LogP contribution in [0.15, 0.2) is 18.2 Å². The molecule has 2 fully saturated rings. The Kier molecular flexibility index (Phi) is 4.45. The minimum absolute atomic E-state index is 0.0319. The van der Waals surface area contributed by atoms with Crippen molar-refractivity contribution in [1.82, 2.24) is 4.90 Å². The zero-order valence-corrected chi connectivity index (χ0v) is 13.5. The zero-order chi connectivity index (χ0) is 17.3. The summed E-state index contributed by atoms with van der Waals surface area (Å²) in [5.74, 6) is -1.66. The van der Waals surface area contributed by atoms with Crippen molar-refractivity contribution in [3.8, 4) is 5.75 Å². The number of carbonyl (C=O) groups is 2. The molecule has 24 heavy (non-hydrogen) atoms. The van der Waals surface area contributed by atoms with E-state index in [1.54, 1.807) is 11.0 Å². The number of aliphatic carboxylic acids is 1. The number of likely N-dealkylation sites (tertiary alicyclic amines) is 1. The van der Waals surface area contributed by atoms with Crippen molar-refractivity contribution in [3.05, 3.63) is 29.6 Å². The van der Waals surface area contributed by atoms with Gasteiger partial charge in [-0.1, -0.05) is 6.07 Å². The number of methoxy groups -OCH3 is 1. The van der Waals surface area contributed by atoms with Crippen molar-refractivity contribution < 1.29 is 28.6 Å². The van der Waals surface area contributed by atoms with E-state index in [9.17, 15) is 19.1 Å². The van der Waals surface area contributed by atoms with Crippen LogP contribution in [0.3, 0.4) is 0 Å². The average Bonchev–Trinajstić information content (AvgIpc) is 2.96. The zero-order valence-electron chi connectivity index (χ0n) is 13.5. The number of halogens is 1. The van der Waals surface area contributed by atoms with Gasteiger partial charge in [0.1, 0.15) is 0 Å². The molecule has 0 radical (unpaired) electrons. The molecule has 0 unspecified atom stereocenters. The molecule has 2 aliphatic rings. The summed E-state index contributed by atoms with van der Waals surface area (Å²) in [5, 5.41) is 9.63. The van der Waals surface area contributed by atoms with Crippen molar-refractivity contribution in [2.75, 3.05) is 33.4 Å². The highest BCUT2D eigenvalue weighted by atomic mass is 19.1. The third-order valence-corrected chi connectivity index (χ3v) is 5.06. The van der Waals surface area contributed by atoms with Crippen LogP contribution < -0.4 is 4.74 Å². The van der Waals surface area contributed by atoms with E-state index in [1.165, 1.54) is 19.2 Å². The van der Waals surface area contributed by atoms with Crippen LogP contribution in [0.4, 0.5) is 4.39 Å². The molecule has 1 aromatic carbocycles. The fourth-order valence-corrected chi connectivity index (χ4v) is 3.60. The van der Waals surface area contributed by atoms with E-state index in [2.05, 4.69) is 0 Å². The lowest BCUT2D eigenvalue weighted by atomic mass is 9.74. The maximum Gasteiger partial charge on any atom is 0.311 e. The highest BCUT2D eigenvalue weighted by Gasteiger charge is 2.54. The lowest BCUT2D eigenvalue weighted by Crippen LogP contribution is -2.45. The highest BCUT2D eigenvalue weighted by molar-refractivity contribution is 5.82. The van der Waals surface area contributed by atoms with E-state index < -0.39 is 17.2 Å². The molecule has 1 aromatic rings. The molecule has 2 heterocycles. The van der Waals surface area contributed by atoms with Gasteiger partial charge in [0.2, 0.25) is 5.91 Å². The summed E-state index contributed by atoms with van der Waals surface area (Å²) in [6.07, 6.45) is 0.443. The summed E-state index contributed by atoms with van der Waals surface area (Å²) in [4.78, 5) is 25.8. The van der Waals surface area contributed by atoms with Crippen LogP contribution in [-0.2, 0) is 20.7 Å². The lowest BCUT2D eigenvalue weighted by Gasteiger charge is -2.33. The maximum absolute atomic E-state index is 13.7. The average molecular weight is 337 g/mol. The smallest absolute Gasteiger partial charge is 0.311 e. The first-order chi connectivity index (χ1) is 11.5. The van der Waals surface area contributed by atoms with Crippen LogP contribution >= 0.6 is 0 Å². The van der Waals surface area contributed by atoms with E-state index in [0.29, 0.717) is 31.7 Å². The molecule has 2 atom stereocenters. The molecule has 130 valence electrons. The number of ether oxygens (including phenoxy) is 2. The fraction of sp³-hybridized carbons (Fsp3) is 0.529. The van der Waals surface area contributed by atoms with Gasteiger partial charge in [0, 0.05) is 25.6 Å². The van der Waals surface area contributed by atoms with Crippen molar-refractivity contribution in [3.63, 3.8) is 0 Å². The monoisotopic (exact) mass is 337 g/mol. The molecular formula is C17H20FNO5. The summed E-state index contributed by atoms with van der Waals surface area (Å²) in [6, 6.07) is 4.39. The molecule has 0 saturated carbocycles. The Labute approximate surface area is 139 Å². The van der Waals surface area contributed by atoms with Crippen molar-refractivity contribution in [2.24, 2.45) is 11.3 Å². The second-order valence-corrected chi connectivity index (χ2v) is 6.40. The first kappa shape index (κ1) is 16.7. The normalized spacial score (nSPS) is 26.1. The largest absolute Gasteiger partial charge is 0.494 e. The van der Waals surface area contributed by atoms with Gasteiger partial charge in [0.25, 0.3) is 0 Å². The second-order valence-electron chi connectivity index (χ2n) is 6.40. The number of rotatable bonds is 4. The topological polar surface area (TPSA) is 76.1 Å². The number of hydrogen-bond donors (Lipinski definition) is 1. The Morgan fingerprint density at radius 3 is 2.92 bits per heavy atom. The van der Waals surface area contributed by atoms with Crippen LogP contribution in [0.2, 0.25) is 0 Å². The molecule has 0 aromatic heterocycles. The maximum atomic E-state index is 13.7. The van der Waals surface area contributed by atoms with E-state index in [-0.39, 0.29) is 30.5 Å². The number of hydrogen-bond acceptors (Lipinski definition) is 4. The van der Waals surface area contributed by atoms with Crippen LogP contribution in [0.5, 0.6) is 5.75 Å². The number of nitrogens with zero attached hydrogens (tertiary/aromatic N) is 1. The van der Waals surface area contributed by atoms with Crippen LogP contribution in [0.1, 0.15) is 12.0 Å². The van der Waals surface area contributed by atoms with Gasteiger partial charge in [-0.2, -0.15) is 0 Å². The summed E-state index contributed by atoms with van der Waals surface area (Å²) in [7, 11) is 1.38. The standard InChI is InChI=1S/C17H20FNO5/c1-23-14-3-2-11(6-13(14)18)7-15(20)19-8-12-9-24-5-4-17(12,10-19)16(21)22/h2-3,6,12H,4-5,7-10H2,1H3,(H,21,22)/t12-,17+/m0/s1. The molecule has 0 bridgehead atoms. The SMILES string of the molecule is COc1ccc(CC(=O)N2C[C@H]3COCC[C@@]3(C(=O)O)C2)cc1F. The third kappa shape index (κ3) is 2.84. The minimum Gasteiger partial charge on any atom is -0.494 e. The van der Waals surface area contributed by atoms with E-state index in [0.717, 1.165) is 0 Å². The lowest BCUT2D eigenvalue weighted by molar-refractivity contribution is -0.157. The molecule has 1 N–H and O–H groups in total. The third-order valence-electron chi connectivity index (χ3n) is 5.06. The first-order valence-electron chi connectivity index (χ1n) is 7.87. The molecule has 3 rings (SSSR count). The molecule has 6 nitrogen and oxygen atoms in total. The molecule has 0 spiro atoms. The van der Waals surface area contributed by atoms with Crippen LogP contribution in [0.25, 0.3) is 0 Å². The van der Waals surface area contributed by atoms with Gasteiger partial charge in [-0.05, 0) is 24.1 Å². The van der Waals surface area contributed by atoms with Gasteiger partial charge in [-0.25, -0.2) is 4.39 Å². The molecule has 1 amide bonds. The predicted octanol–water partition coefficient (Wildman–Crippen LogP) is 1.33. The fourth-order valence-electron chi connectivity index (χ4n) is 3.60. The summed E-state index contributed by atoms with van der Waals surface area (Å²) >= 11 is 0. The number of carbonyl (C=O) groups excluding carboxylic acids is 1. The Balaban J connectivity index is 1.72. The molecular weight excluding hydrogens is 317 g/mol. The van der Waals surface area contributed by atoms with Gasteiger partial charge in [0.15, 0.2) is 11.6 Å². The summed E-state index contributed by atoms with van der Waals surface area (Å²) in [6.45, 7) is 1.30. The van der Waals surface area contributed by atoms with E-state index >= 15 is 0 Å². The Morgan fingerprint density at radius 1 is 1.50 bits per heavy atom. The van der Waals surface area contributed by atoms with Gasteiger partial charge >= 0.3 is 5.97 Å². The van der Waals surface area contributed by atoms with Crippen molar-refractivity contribution in [2.45, 2.75) is 12.8 Å². The minimum atomic E-state index is -0.918. The highest BCUT2D eigenvalue weighted by Crippen LogP contribution is 2.42. The van der Waals surface area contributed by atoms with E-state index in [1.807, 2.05) is 0 Å². The van der Waals surface area contributed by atoms with Crippen LogP contribution in [0, 0.1) is 17.2 Å². The Bertz CT molecular complexity index is 664. The second kappa shape index (κ2) is 6.39. The molecule has 0 aliphatic carbocycles. The summed E-state index contributed by atoms with van der Waals surface area (Å²) < 4.78 is 24.0. The summed E-state index contributed by atoms with van der Waals surface area (Å²) in [5.41, 5.74) is -0.382. The van der Waals surface area contributed by atoms with Gasteiger partial charge in [-0.3, -0.25) is 9.59 Å². The molecule has 2 saturated heterocycles. The quantitative estimate of drug-likeness (QED) is 0.897. The molecule has 7 heteroatoms. The van der Waals surface area contributed by atoms with Gasteiger partial charge < -0.3 is 19.5 Å². The van der Waals surface area contributed by atoms with Gasteiger partial charge in [0.05, 0.1) is 25.6 Å². The van der Waals surface area contributed by atoms with Crippen LogP contribution in [-0.4, -0.2) is 55.3 Å². The van der Waals surface area contributed by atoms with Crippen molar-refractivity contribution in [1.29, 1.82) is 0 Å². The number of fused-ring (bicyclic) bond motifs is 1. The number of benzene rings is 1. The number of carboxylic acid groups (broad SMARTS) is 1. The Morgan fingerprint density at radius 2 is 2.29 bits per heavy atom. The van der Waals surface area contributed by atoms with E-state index in [4.69, 9.17) is 9.47 Å².